The Morgan fingerprint density at radius 2 is 1.62 bits per heavy atom. The van der Waals surface area contributed by atoms with E-state index in [0.29, 0.717) is 23.0 Å². The van der Waals surface area contributed by atoms with Crippen LogP contribution in [0.15, 0.2) is 77.7 Å². The van der Waals surface area contributed by atoms with Gasteiger partial charge in [0.2, 0.25) is 5.91 Å². The molecule has 0 heterocycles. The van der Waals surface area contributed by atoms with E-state index in [1.807, 2.05) is 37.3 Å². The summed E-state index contributed by atoms with van der Waals surface area (Å²) < 4.78 is 38.7. The second-order valence-corrected chi connectivity index (χ2v) is 9.92. The van der Waals surface area contributed by atoms with E-state index >= 15 is 0 Å². The molecule has 7 nitrogen and oxygen atoms in total. The third-order valence-electron chi connectivity index (χ3n) is 5.32. The van der Waals surface area contributed by atoms with Crippen LogP contribution in [0.25, 0.3) is 0 Å². The molecule has 0 aromatic heterocycles. The molecule has 0 saturated heterocycles. The van der Waals surface area contributed by atoms with Crippen molar-refractivity contribution in [2.75, 3.05) is 31.6 Å². The van der Waals surface area contributed by atoms with Gasteiger partial charge in [-0.05, 0) is 47.9 Å². The van der Waals surface area contributed by atoms with Crippen molar-refractivity contribution >= 4 is 33.2 Å². The summed E-state index contributed by atoms with van der Waals surface area (Å²) in [6.45, 7) is 1.96. The van der Waals surface area contributed by atoms with Crippen molar-refractivity contribution in [2.45, 2.75) is 17.7 Å². The Morgan fingerprint density at radius 3 is 2.24 bits per heavy atom. The Morgan fingerprint density at radius 1 is 0.971 bits per heavy atom. The molecule has 0 bridgehead atoms. The number of amides is 1. The van der Waals surface area contributed by atoms with Crippen LogP contribution in [-0.4, -0.2) is 41.6 Å². The Kier molecular flexibility index (Phi) is 8.41. The van der Waals surface area contributed by atoms with E-state index in [1.54, 1.807) is 24.3 Å². The zero-order valence-corrected chi connectivity index (χ0v) is 20.8. The topological polar surface area (TPSA) is 84.9 Å². The van der Waals surface area contributed by atoms with Gasteiger partial charge in [0.25, 0.3) is 10.0 Å². The highest BCUT2D eigenvalue weighted by atomic mass is 35.5. The quantitative estimate of drug-likeness (QED) is 0.442. The molecular formula is C25H27ClN2O5S. The smallest absolute Gasteiger partial charge is 0.264 e. The maximum atomic E-state index is 13.6. The largest absolute Gasteiger partial charge is 0.493 e. The molecule has 1 atom stereocenters. The molecule has 0 aliphatic carbocycles. The number of hydrogen-bond acceptors (Lipinski definition) is 5. The van der Waals surface area contributed by atoms with Gasteiger partial charge in [-0.2, -0.15) is 0 Å². The van der Waals surface area contributed by atoms with Crippen molar-refractivity contribution in [3.05, 3.63) is 83.4 Å². The predicted molar refractivity (Wildman–Crippen MR) is 133 cm³/mol. The van der Waals surface area contributed by atoms with Crippen molar-refractivity contribution in [1.82, 2.24) is 5.32 Å². The summed E-state index contributed by atoms with van der Waals surface area (Å²) in [5.74, 6) is 0.297. The number of methoxy groups -OCH3 is 2. The zero-order chi connectivity index (χ0) is 24.7. The van der Waals surface area contributed by atoms with Crippen LogP contribution in [0.1, 0.15) is 18.4 Å². The molecule has 9 heteroatoms. The standard InChI is InChI=1S/C25H27ClN2O5S/c1-18(19-7-5-4-6-8-19)16-27-25(29)17-28(21-11-9-20(26)10-12-21)34(30,31)22-13-14-23(32-2)24(15-22)33-3/h4-15,18H,16-17H2,1-3H3,(H,27,29)/t18-/m1/s1. The first-order chi connectivity index (χ1) is 16.3. The minimum Gasteiger partial charge on any atom is -0.493 e. The molecular weight excluding hydrogens is 476 g/mol. The Balaban J connectivity index is 1.87. The molecule has 0 radical (unpaired) electrons. The summed E-state index contributed by atoms with van der Waals surface area (Å²) in [4.78, 5) is 12.8. The normalized spacial score (nSPS) is 12.0. The second-order valence-electron chi connectivity index (χ2n) is 7.62. The third-order valence-corrected chi connectivity index (χ3v) is 7.34. The van der Waals surface area contributed by atoms with E-state index in [-0.39, 0.29) is 16.6 Å². The number of carbonyl (C=O) groups is 1. The molecule has 0 unspecified atom stereocenters. The number of sulfonamides is 1. The maximum absolute atomic E-state index is 13.6. The number of benzene rings is 3. The number of ether oxygens (including phenoxy) is 2. The fourth-order valence-corrected chi connectivity index (χ4v) is 4.94. The highest BCUT2D eigenvalue weighted by Gasteiger charge is 2.28. The number of nitrogens with one attached hydrogen (secondary N) is 1. The molecule has 0 spiro atoms. The molecule has 3 rings (SSSR count). The van der Waals surface area contributed by atoms with Crippen LogP contribution in [0.5, 0.6) is 11.5 Å². The fraction of sp³-hybridized carbons (Fsp3) is 0.240. The van der Waals surface area contributed by atoms with Gasteiger partial charge >= 0.3 is 0 Å². The molecule has 0 aliphatic heterocycles. The van der Waals surface area contributed by atoms with Gasteiger partial charge < -0.3 is 14.8 Å². The van der Waals surface area contributed by atoms with Gasteiger partial charge in [0.1, 0.15) is 6.54 Å². The van der Waals surface area contributed by atoms with Crippen LogP contribution in [-0.2, 0) is 14.8 Å². The monoisotopic (exact) mass is 502 g/mol. The summed E-state index contributed by atoms with van der Waals surface area (Å²) in [5.41, 5.74) is 1.39. The van der Waals surface area contributed by atoms with Crippen LogP contribution >= 0.6 is 11.6 Å². The molecule has 180 valence electrons. The first-order valence-electron chi connectivity index (χ1n) is 10.6. The van der Waals surface area contributed by atoms with Gasteiger partial charge in [-0.1, -0.05) is 48.9 Å². The maximum Gasteiger partial charge on any atom is 0.264 e. The average Bonchev–Trinajstić information content (AvgIpc) is 2.86. The molecule has 34 heavy (non-hydrogen) atoms. The Hall–Kier alpha value is -3.23. The molecule has 1 N–H and O–H groups in total. The van der Waals surface area contributed by atoms with Crippen LogP contribution in [0.3, 0.4) is 0 Å². The predicted octanol–water partition coefficient (Wildman–Crippen LogP) is 4.47. The second kappa shape index (κ2) is 11.3. The molecule has 0 fully saturated rings. The van der Waals surface area contributed by atoms with Crippen molar-refractivity contribution in [1.29, 1.82) is 0 Å². The van der Waals surface area contributed by atoms with Crippen molar-refractivity contribution < 1.29 is 22.7 Å². The number of nitrogens with zero attached hydrogens (tertiary/aromatic N) is 1. The van der Waals surface area contributed by atoms with Crippen molar-refractivity contribution in [2.24, 2.45) is 0 Å². The minimum atomic E-state index is -4.12. The lowest BCUT2D eigenvalue weighted by Crippen LogP contribution is -2.41. The molecule has 0 aliphatic rings. The van der Waals surface area contributed by atoms with Crippen LogP contribution in [0.2, 0.25) is 5.02 Å². The number of hydrogen-bond donors (Lipinski definition) is 1. The molecule has 0 saturated carbocycles. The number of halogens is 1. The van der Waals surface area contributed by atoms with Crippen molar-refractivity contribution in [3.63, 3.8) is 0 Å². The fourth-order valence-electron chi connectivity index (χ4n) is 3.38. The van der Waals surface area contributed by atoms with Gasteiger partial charge in [-0.3, -0.25) is 9.10 Å². The van der Waals surface area contributed by atoms with Gasteiger partial charge in [-0.25, -0.2) is 8.42 Å². The first-order valence-corrected chi connectivity index (χ1v) is 12.4. The highest BCUT2D eigenvalue weighted by Crippen LogP contribution is 2.32. The van der Waals surface area contributed by atoms with E-state index in [4.69, 9.17) is 21.1 Å². The number of rotatable bonds is 10. The third kappa shape index (κ3) is 6.01. The van der Waals surface area contributed by atoms with E-state index in [9.17, 15) is 13.2 Å². The lowest BCUT2D eigenvalue weighted by Gasteiger charge is -2.25. The Labute approximate surface area is 205 Å². The summed E-state index contributed by atoms with van der Waals surface area (Å²) in [7, 11) is -1.23. The average molecular weight is 503 g/mol. The molecule has 3 aromatic rings. The lowest BCUT2D eigenvalue weighted by molar-refractivity contribution is -0.119. The van der Waals surface area contributed by atoms with E-state index in [0.717, 1.165) is 9.87 Å². The zero-order valence-electron chi connectivity index (χ0n) is 19.2. The van der Waals surface area contributed by atoms with E-state index in [1.165, 1.54) is 32.4 Å². The van der Waals surface area contributed by atoms with Gasteiger partial charge in [0.15, 0.2) is 11.5 Å². The summed E-state index contributed by atoms with van der Waals surface area (Å²) in [6, 6.07) is 20.3. The van der Waals surface area contributed by atoms with Crippen LogP contribution < -0.4 is 19.1 Å². The lowest BCUT2D eigenvalue weighted by atomic mass is 10.0. The molecule has 3 aromatic carbocycles. The highest BCUT2D eigenvalue weighted by molar-refractivity contribution is 7.92. The van der Waals surface area contributed by atoms with Gasteiger partial charge in [0, 0.05) is 17.6 Å². The molecule has 1 amide bonds. The first kappa shape index (κ1) is 25.4. The summed E-state index contributed by atoms with van der Waals surface area (Å²) in [5, 5.41) is 3.29. The number of carbonyl (C=O) groups excluding carboxylic acids is 1. The van der Waals surface area contributed by atoms with Gasteiger partial charge in [-0.15, -0.1) is 0 Å². The van der Waals surface area contributed by atoms with Gasteiger partial charge in [0.05, 0.1) is 24.8 Å². The number of anilines is 1. The van der Waals surface area contributed by atoms with E-state index in [2.05, 4.69) is 5.32 Å². The van der Waals surface area contributed by atoms with Crippen LogP contribution in [0.4, 0.5) is 5.69 Å². The summed E-state index contributed by atoms with van der Waals surface area (Å²) in [6.07, 6.45) is 0. The van der Waals surface area contributed by atoms with Crippen molar-refractivity contribution in [3.8, 4) is 11.5 Å². The van der Waals surface area contributed by atoms with Crippen LogP contribution in [0, 0.1) is 0 Å². The summed E-state index contributed by atoms with van der Waals surface area (Å²) >= 11 is 5.99. The SMILES string of the molecule is COc1ccc(S(=O)(=O)N(CC(=O)NC[C@@H](C)c2ccccc2)c2ccc(Cl)cc2)cc1OC. The minimum absolute atomic E-state index is 0.0365. The van der Waals surface area contributed by atoms with E-state index < -0.39 is 22.5 Å². The Bertz CT molecular complexity index is 1220.